The van der Waals surface area contributed by atoms with Crippen LogP contribution in [0.25, 0.3) is 11.4 Å². The van der Waals surface area contributed by atoms with Crippen LogP contribution in [0.5, 0.6) is 5.75 Å². The molecule has 0 radical (unpaired) electrons. The van der Waals surface area contributed by atoms with E-state index >= 15 is 0 Å². The lowest BCUT2D eigenvalue weighted by Crippen LogP contribution is -2.37. The van der Waals surface area contributed by atoms with Gasteiger partial charge in [0.2, 0.25) is 5.95 Å². The summed E-state index contributed by atoms with van der Waals surface area (Å²) in [4.78, 5) is 6.57. The van der Waals surface area contributed by atoms with E-state index in [4.69, 9.17) is 9.47 Å². The number of rotatable bonds is 7. The number of phenols is 1. The summed E-state index contributed by atoms with van der Waals surface area (Å²) < 4.78 is 27.2. The van der Waals surface area contributed by atoms with Gasteiger partial charge in [0.1, 0.15) is 18.3 Å². The molecule has 7 nitrogen and oxygen atoms in total. The number of hydrogen-bond acceptors (Lipinski definition) is 6. The fraction of sp³-hybridized carbons (Fsp3) is 0.556. The Morgan fingerprint density at radius 3 is 2.67 bits per heavy atom. The van der Waals surface area contributed by atoms with E-state index in [0.717, 1.165) is 12.1 Å². The second-order valence-electron chi connectivity index (χ2n) is 7.85. The van der Waals surface area contributed by atoms with Gasteiger partial charge in [-0.1, -0.05) is 19.6 Å². The first-order chi connectivity index (χ1) is 12.8. The Morgan fingerprint density at radius 2 is 2.00 bits per heavy atom. The number of phenolic OH excluding ortho intramolecular Hbond substituents is 1. The van der Waals surface area contributed by atoms with E-state index in [2.05, 4.69) is 29.7 Å². The standard InChI is InChI=1S/C18H27FN4O3Si/c1-27(2,3)11-10-26-13-23-17(15-5-4-14(24)12-16(15)19)20-18(21-23)22-6-8-25-9-7-22/h4-5,12,24H,6-11,13H2,1-3H3. The molecular weight excluding hydrogens is 367 g/mol. The van der Waals surface area contributed by atoms with Crippen LogP contribution in [0.2, 0.25) is 25.7 Å². The molecule has 9 heteroatoms. The summed E-state index contributed by atoms with van der Waals surface area (Å²) in [6, 6.07) is 5.07. The quantitative estimate of drug-likeness (QED) is 0.575. The molecular formula is C18H27FN4O3Si. The van der Waals surface area contributed by atoms with Gasteiger partial charge in [0.05, 0.1) is 18.8 Å². The average molecular weight is 395 g/mol. The molecule has 3 rings (SSSR count). The Hall–Kier alpha value is -1.97. The van der Waals surface area contributed by atoms with Crippen LogP contribution in [0, 0.1) is 5.82 Å². The topological polar surface area (TPSA) is 72.6 Å². The lowest BCUT2D eigenvalue weighted by molar-refractivity contribution is 0.0794. The summed E-state index contributed by atoms with van der Waals surface area (Å²) in [5, 5.41) is 14.0. The van der Waals surface area contributed by atoms with Crippen LogP contribution in [-0.2, 0) is 16.2 Å². The fourth-order valence-corrected chi connectivity index (χ4v) is 3.49. The number of aromatic hydroxyl groups is 1. The minimum absolute atomic E-state index is 0.123. The number of hydrogen-bond donors (Lipinski definition) is 1. The summed E-state index contributed by atoms with van der Waals surface area (Å²) >= 11 is 0. The number of aromatic nitrogens is 3. The first-order valence-electron chi connectivity index (χ1n) is 9.18. The van der Waals surface area contributed by atoms with Crippen molar-refractivity contribution < 1.29 is 19.0 Å². The number of nitrogens with zero attached hydrogens (tertiary/aromatic N) is 4. The minimum Gasteiger partial charge on any atom is -0.508 e. The van der Waals surface area contributed by atoms with Crippen molar-refractivity contribution in [2.75, 3.05) is 37.8 Å². The Morgan fingerprint density at radius 1 is 1.26 bits per heavy atom. The van der Waals surface area contributed by atoms with Crippen molar-refractivity contribution in [2.24, 2.45) is 0 Å². The molecule has 1 aliphatic heterocycles. The highest BCUT2D eigenvalue weighted by Gasteiger charge is 2.21. The van der Waals surface area contributed by atoms with E-state index in [9.17, 15) is 9.50 Å². The normalized spacial score (nSPS) is 15.3. The number of benzene rings is 1. The second kappa shape index (κ2) is 8.36. The molecule has 1 fully saturated rings. The number of morpholine rings is 1. The van der Waals surface area contributed by atoms with Crippen LogP contribution in [0.1, 0.15) is 0 Å². The van der Waals surface area contributed by atoms with E-state index in [1.54, 1.807) is 4.68 Å². The largest absolute Gasteiger partial charge is 0.508 e. The Bertz CT molecular complexity index is 772. The van der Waals surface area contributed by atoms with Gasteiger partial charge in [-0.05, 0) is 18.2 Å². The molecule has 0 atom stereocenters. The molecule has 2 heterocycles. The molecule has 1 N–H and O–H groups in total. The van der Waals surface area contributed by atoms with Crippen molar-refractivity contribution in [2.45, 2.75) is 32.4 Å². The predicted molar refractivity (Wildman–Crippen MR) is 104 cm³/mol. The molecule has 0 bridgehead atoms. The molecule has 1 saturated heterocycles. The zero-order chi connectivity index (χ0) is 19.4. The Labute approximate surface area is 159 Å². The van der Waals surface area contributed by atoms with Crippen LogP contribution in [0.3, 0.4) is 0 Å². The highest BCUT2D eigenvalue weighted by Crippen LogP contribution is 2.26. The monoisotopic (exact) mass is 394 g/mol. The van der Waals surface area contributed by atoms with E-state index in [0.29, 0.717) is 44.7 Å². The molecule has 0 amide bonds. The van der Waals surface area contributed by atoms with Gasteiger partial charge in [0.25, 0.3) is 0 Å². The Kier molecular flexibility index (Phi) is 6.13. The average Bonchev–Trinajstić information content (AvgIpc) is 3.03. The van der Waals surface area contributed by atoms with Gasteiger partial charge in [0.15, 0.2) is 5.82 Å². The van der Waals surface area contributed by atoms with Crippen LogP contribution in [0.4, 0.5) is 10.3 Å². The van der Waals surface area contributed by atoms with Crippen molar-refractivity contribution in [3.63, 3.8) is 0 Å². The minimum atomic E-state index is -1.19. The lowest BCUT2D eigenvalue weighted by Gasteiger charge is -2.25. The zero-order valence-electron chi connectivity index (χ0n) is 16.1. The highest BCUT2D eigenvalue weighted by molar-refractivity contribution is 6.76. The SMILES string of the molecule is C[Si](C)(C)CCOCn1nc(N2CCOCC2)nc1-c1ccc(O)cc1F. The summed E-state index contributed by atoms with van der Waals surface area (Å²) in [5.74, 6) is 0.262. The molecule has 0 spiro atoms. The molecule has 27 heavy (non-hydrogen) atoms. The van der Waals surface area contributed by atoms with E-state index < -0.39 is 13.9 Å². The maximum absolute atomic E-state index is 14.4. The lowest BCUT2D eigenvalue weighted by atomic mass is 10.2. The van der Waals surface area contributed by atoms with Gasteiger partial charge in [-0.15, -0.1) is 5.10 Å². The number of ether oxygens (including phenoxy) is 2. The molecule has 0 saturated carbocycles. The predicted octanol–water partition coefficient (Wildman–Crippen LogP) is 2.94. The maximum atomic E-state index is 14.4. The van der Waals surface area contributed by atoms with Crippen molar-refractivity contribution in [1.82, 2.24) is 14.8 Å². The highest BCUT2D eigenvalue weighted by atomic mass is 28.3. The first kappa shape index (κ1) is 19.8. The van der Waals surface area contributed by atoms with Gasteiger partial charge in [-0.25, -0.2) is 9.07 Å². The van der Waals surface area contributed by atoms with Crippen LogP contribution < -0.4 is 4.90 Å². The van der Waals surface area contributed by atoms with Crippen LogP contribution in [-0.4, -0.2) is 60.9 Å². The molecule has 1 aliphatic rings. The van der Waals surface area contributed by atoms with Crippen LogP contribution >= 0.6 is 0 Å². The zero-order valence-corrected chi connectivity index (χ0v) is 17.1. The van der Waals surface area contributed by atoms with Gasteiger partial charge < -0.3 is 19.5 Å². The third-order valence-corrected chi connectivity index (χ3v) is 6.06. The van der Waals surface area contributed by atoms with E-state index in [1.165, 1.54) is 12.1 Å². The molecule has 0 unspecified atom stereocenters. The van der Waals surface area contributed by atoms with Crippen molar-refractivity contribution in [3.8, 4) is 17.1 Å². The van der Waals surface area contributed by atoms with Gasteiger partial charge >= 0.3 is 0 Å². The van der Waals surface area contributed by atoms with E-state index in [1.807, 2.05) is 4.90 Å². The van der Waals surface area contributed by atoms with Crippen molar-refractivity contribution in [1.29, 1.82) is 0 Å². The number of halogens is 1. The van der Waals surface area contributed by atoms with Gasteiger partial charge in [0, 0.05) is 33.8 Å². The summed E-state index contributed by atoms with van der Waals surface area (Å²) in [6.07, 6.45) is 0. The van der Waals surface area contributed by atoms with E-state index in [-0.39, 0.29) is 18.0 Å². The molecule has 0 aliphatic carbocycles. The maximum Gasteiger partial charge on any atom is 0.245 e. The van der Waals surface area contributed by atoms with Gasteiger partial charge in [-0.3, -0.25) is 0 Å². The first-order valence-corrected chi connectivity index (χ1v) is 12.9. The summed E-state index contributed by atoms with van der Waals surface area (Å²) in [7, 11) is -1.19. The molecule has 148 valence electrons. The molecule has 1 aromatic heterocycles. The third kappa shape index (κ3) is 5.27. The van der Waals surface area contributed by atoms with Crippen molar-refractivity contribution in [3.05, 3.63) is 24.0 Å². The van der Waals surface area contributed by atoms with Crippen LogP contribution in [0.15, 0.2) is 18.2 Å². The smallest absolute Gasteiger partial charge is 0.245 e. The Balaban J connectivity index is 1.83. The van der Waals surface area contributed by atoms with Gasteiger partial charge in [-0.2, -0.15) is 4.98 Å². The van der Waals surface area contributed by atoms with Crippen molar-refractivity contribution >= 4 is 14.0 Å². The summed E-state index contributed by atoms with van der Waals surface area (Å²) in [6.45, 7) is 10.3. The number of anilines is 1. The summed E-state index contributed by atoms with van der Waals surface area (Å²) in [5.41, 5.74) is 0.286. The third-order valence-electron chi connectivity index (χ3n) is 4.36. The molecule has 1 aromatic carbocycles. The molecule has 2 aromatic rings. The fourth-order valence-electron chi connectivity index (χ4n) is 2.73. The second-order valence-corrected chi connectivity index (χ2v) is 13.5.